The first-order chi connectivity index (χ1) is 14.9. The highest BCUT2D eigenvalue weighted by Crippen LogP contribution is 2.41. The fourth-order valence-electron chi connectivity index (χ4n) is 5.60. The predicted octanol–water partition coefficient (Wildman–Crippen LogP) is 3.02. The van der Waals surface area contributed by atoms with Crippen LogP contribution in [-0.2, 0) is 9.16 Å². The van der Waals surface area contributed by atoms with E-state index in [1.807, 2.05) is 0 Å². The lowest BCUT2D eigenvalue weighted by Crippen LogP contribution is -2.71. The predicted molar refractivity (Wildman–Crippen MR) is 131 cm³/mol. The molecule has 2 aliphatic rings. The zero-order chi connectivity index (χ0) is 22.0. The number of benzene rings is 2. The van der Waals surface area contributed by atoms with Crippen molar-refractivity contribution < 1.29 is 9.16 Å². The van der Waals surface area contributed by atoms with Crippen molar-refractivity contribution in [1.29, 1.82) is 0 Å². The van der Waals surface area contributed by atoms with Gasteiger partial charge in [0.05, 0.1) is 24.9 Å². The van der Waals surface area contributed by atoms with Crippen molar-refractivity contribution in [3.8, 4) is 0 Å². The molecule has 0 radical (unpaired) electrons. The van der Waals surface area contributed by atoms with Gasteiger partial charge < -0.3 is 14.5 Å². The lowest BCUT2D eigenvalue weighted by atomic mass is 9.89. The smallest absolute Gasteiger partial charge is 0.261 e. The van der Waals surface area contributed by atoms with Crippen LogP contribution in [-0.4, -0.2) is 64.3 Å². The Morgan fingerprint density at radius 1 is 1.00 bits per heavy atom. The monoisotopic (exact) mass is 438 g/mol. The average Bonchev–Trinajstić information content (AvgIpc) is 3.22. The van der Waals surface area contributed by atoms with E-state index in [0.29, 0.717) is 6.61 Å². The van der Waals surface area contributed by atoms with Crippen LogP contribution in [0.5, 0.6) is 0 Å². The highest BCUT2D eigenvalue weighted by molar-refractivity contribution is 6.99. The van der Waals surface area contributed by atoms with Gasteiger partial charge in [-0.15, -0.1) is 0 Å². The maximum absolute atomic E-state index is 7.55. The van der Waals surface area contributed by atoms with Gasteiger partial charge in [-0.25, -0.2) is 0 Å². The molecule has 0 unspecified atom stereocenters. The minimum Gasteiger partial charge on any atom is -0.400 e. The molecule has 0 spiro atoms. The first-order valence-electron chi connectivity index (χ1n) is 11.8. The molecule has 2 aromatic rings. The molecule has 2 saturated heterocycles. The third-order valence-corrected chi connectivity index (χ3v) is 12.4. The van der Waals surface area contributed by atoms with E-state index in [1.165, 1.54) is 10.4 Å². The third-order valence-electron chi connectivity index (χ3n) is 7.32. The average molecular weight is 439 g/mol. The Kier molecular flexibility index (Phi) is 6.70. The van der Waals surface area contributed by atoms with Gasteiger partial charge in [-0.05, 0) is 21.8 Å². The van der Waals surface area contributed by atoms with E-state index in [0.717, 1.165) is 39.2 Å². The van der Waals surface area contributed by atoms with Crippen LogP contribution in [0, 0.1) is 0 Å². The quantitative estimate of drug-likeness (QED) is 0.703. The zero-order valence-corrected chi connectivity index (χ0v) is 20.6. The second-order valence-electron chi connectivity index (χ2n) is 9.98. The Bertz CT molecular complexity index is 794. The summed E-state index contributed by atoms with van der Waals surface area (Å²) >= 11 is 0. The number of piperazine rings is 1. The van der Waals surface area contributed by atoms with Gasteiger partial charge in [0, 0.05) is 26.2 Å². The van der Waals surface area contributed by atoms with Gasteiger partial charge in [0.1, 0.15) is 0 Å². The van der Waals surface area contributed by atoms with Crippen molar-refractivity contribution in [1.82, 2.24) is 10.2 Å². The summed E-state index contributed by atoms with van der Waals surface area (Å²) in [5.41, 5.74) is -0.0604. The van der Waals surface area contributed by atoms with Gasteiger partial charge in [-0.3, -0.25) is 4.90 Å². The molecular weight excluding hydrogens is 400 g/mol. The molecule has 168 valence electrons. The summed E-state index contributed by atoms with van der Waals surface area (Å²) in [6.07, 6.45) is 1.09. The first-order valence-corrected chi connectivity index (χ1v) is 13.7. The molecule has 2 aliphatic heterocycles. The Morgan fingerprint density at radius 2 is 1.55 bits per heavy atom. The van der Waals surface area contributed by atoms with Crippen LogP contribution in [0.15, 0.2) is 60.7 Å². The number of nitrogens with one attached hydrogen (secondary N) is 1. The number of nitrogens with zero attached hydrogens (tertiary/aromatic N) is 1. The van der Waals surface area contributed by atoms with Crippen LogP contribution in [0.25, 0.3) is 0 Å². The lowest BCUT2D eigenvalue weighted by Gasteiger charge is -2.50. The van der Waals surface area contributed by atoms with Gasteiger partial charge in [-0.1, -0.05) is 88.4 Å². The molecule has 0 aromatic heterocycles. The first kappa shape index (κ1) is 22.7. The van der Waals surface area contributed by atoms with Crippen LogP contribution in [0.4, 0.5) is 0 Å². The maximum atomic E-state index is 7.55. The molecular formula is C26H38N2O2Si. The van der Waals surface area contributed by atoms with Crippen LogP contribution >= 0.6 is 0 Å². The second kappa shape index (κ2) is 9.16. The zero-order valence-electron chi connectivity index (χ0n) is 19.6. The summed E-state index contributed by atoms with van der Waals surface area (Å²) in [6, 6.07) is 21.9. The summed E-state index contributed by atoms with van der Waals surface area (Å²) in [5, 5.41) is 6.15. The maximum Gasteiger partial charge on any atom is 0.261 e. The molecule has 1 N–H and O–H groups in total. The standard InChI is InChI=1S/C26H38N2O2Si/c1-5-26(28-18-16-27-17-19-28)21-29-20-24(26)30-31(25(2,3)4,22-12-8-6-9-13-22)23-14-10-7-11-15-23/h6-15,24,27H,5,16-21H2,1-4H3/t24-,26+/m1/s1. The second-order valence-corrected chi connectivity index (χ2v) is 14.2. The van der Waals surface area contributed by atoms with Crippen LogP contribution in [0.2, 0.25) is 5.04 Å². The number of ether oxygens (including phenoxy) is 1. The molecule has 0 amide bonds. The summed E-state index contributed by atoms with van der Waals surface area (Å²) < 4.78 is 13.7. The van der Waals surface area contributed by atoms with Crippen molar-refractivity contribution in [2.24, 2.45) is 0 Å². The Morgan fingerprint density at radius 3 is 2.03 bits per heavy atom. The Hall–Kier alpha value is -1.50. The topological polar surface area (TPSA) is 33.7 Å². The minimum absolute atomic E-state index is 0.0266. The van der Waals surface area contributed by atoms with Crippen molar-refractivity contribution in [3.63, 3.8) is 0 Å². The SMILES string of the molecule is CC[C@]1(N2CCNCC2)COC[C@H]1O[Si](c1ccccc1)(c1ccccc1)C(C)(C)C. The molecule has 4 nitrogen and oxygen atoms in total. The van der Waals surface area contributed by atoms with Crippen molar-refractivity contribution >= 4 is 18.7 Å². The van der Waals surface area contributed by atoms with Gasteiger partial charge in [0.2, 0.25) is 0 Å². The molecule has 4 rings (SSSR count). The number of hydrogen-bond acceptors (Lipinski definition) is 4. The summed E-state index contributed by atoms with van der Waals surface area (Å²) in [7, 11) is -2.61. The molecule has 0 saturated carbocycles. The molecule has 2 atom stereocenters. The molecule has 2 heterocycles. The van der Waals surface area contributed by atoms with Gasteiger partial charge in [0.25, 0.3) is 8.32 Å². The van der Waals surface area contributed by atoms with Gasteiger partial charge >= 0.3 is 0 Å². The van der Waals surface area contributed by atoms with Gasteiger partial charge in [-0.2, -0.15) is 0 Å². The van der Waals surface area contributed by atoms with E-state index in [9.17, 15) is 0 Å². The number of rotatable bonds is 6. The van der Waals surface area contributed by atoms with E-state index in [4.69, 9.17) is 9.16 Å². The fraction of sp³-hybridized carbons (Fsp3) is 0.538. The Balaban J connectivity index is 1.83. The van der Waals surface area contributed by atoms with Crippen LogP contribution in [0.1, 0.15) is 34.1 Å². The summed E-state index contributed by atoms with van der Waals surface area (Å²) in [4.78, 5) is 2.64. The highest BCUT2D eigenvalue weighted by Gasteiger charge is 2.57. The van der Waals surface area contributed by atoms with Crippen molar-refractivity contribution in [2.75, 3.05) is 39.4 Å². The fourth-order valence-corrected chi connectivity index (χ4v) is 10.3. The van der Waals surface area contributed by atoms with E-state index in [-0.39, 0.29) is 16.7 Å². The number of hydrogen-bond donors (Lipinski definition) is 1. The summed E-state index contributed by atoms with van der Waals surface area (Å²) in [6.45, 7) is 15.0. The van der Waals surface area contributed by atoms with Crippen molar-refractivity contribution in [2.45, 2.75) is 50.8 Å². The van der Waals surface area contributed by atoms with E-state index >= 15 is 0 Å². The molecule has 0 bridgehead atoms. The third kappa shape index (κ3) is 4.03. The molecule has 5 heteroatoms. The van der Waals surface area contributed by atoms with Crippen LogP contribution in [0.3, 0.4) is 0 Å². The highest BCUT2D eigenvalue weighted by atomic mass is 28.4. The van der Waals surface area contributed by atoms with Crippen LogP contribution < -0.4 is 15.7 Å². The molecule has 2 aromatic carbocycles. The van der Waals surface area contributed by atoms with E-state index in [2.05, 4.69) is 98.6 Å². The lowest BCUT2D eigenvalue weighted by molar-refractivity contribution is -0.00327. The van der Waals surface area contributed by atoms with Gasteiger partial charge in [0.15, 0.2) is 0 Å². The normalized spacial score (nSPS) is 25.6. The largest absolute Gasteiger partial charge is 0.400 e. The van der Waals surface area contributed by atoms with E-state index < -0.39 is 8.32 Å². The molecule has 0 aliphatic carbocycles. The minimum atomic E-state index is -2.61. The Labute approximate surface area is 189 Å². The molecule has 31 heavy (non-hydrogen) atoms. The van der Waals surface area contributed by atoms with E-state index in [1.54, 1.807) is 0 Å². The summed E-state index contributed by atoms with van der Waals surface area (Å²) in [5.74, 6) is 0. The van der Waals surface area contributed by atoms with Crippen molar-refractivity contribution in [3.05, 3.63) is 60.7 Å². The molecule has 2 fully saturated rings.